The van der Waals surface area contributed by atoms with Gasteiger partial charge < -0.3 is 4.90 Å². The van der Waals surface area contributed by atoms with Gasteiger partial charge in [0.25, 0.3) is 0 Å². The summed E-state index contributed by atoms with van der Waals surface area (Å²) in [5.74, 6) is 0.376. The van der Waals surface area contributed by atoms with Crippen molar-refractivity contribution in [3.05, 3.63) is 35.4 Å². The number of fused-ring (bicyclic) bond motifs is 1. The van der Waals surface area contributed by atoms with Crippen LogP contribution in [0.25, 0.3) is 0 Å². The first-order valence-corrected chi connectivity index (χ1v) is 11.1. The number of carbonyl (C=O) groups excluding carboxylic acids is 1. The fourth-order valence-electron chi connectivity index (χ4n) is 4.08. The fraction of sp³-hybridized carbons (Fsp3) is 0.632. The largest absolute Gasteiger partial charge is 0.348 e. The predicted octanol–water partition coefficient (Wildman–Crippen LogP) is 0.620. The Labute approximate surface area is 156 Å². The van der Waals surface area contributed by atoms with Crippen molar-refractivity contribution in [2.75, 3.05) is 45.2 Å². The Balaban J connectivity index is 1.79. The second-order valence-electron chi connectivity index (χ2n) is 7.56. The highest BCUT2D eigenvalue weighted by molar-refractivity contribution is 7.91. The van der Waals surface area contributed by atoms with Gasteiger partial charge in [0.05, 0.1) is 18.1 Å². The highest BCUT2D eigenvalue weighted by atomic mass is 32.2. The van der Waals surface area contributed by atoms with Gasteiger partial charge in [0.1, 0.15) is 0 Å². The van der Waals surface area contributed by atoms with Gasteiger partial charge in [0.15, 0.2) is 9.84 Å². The number of piperazine rings is 1. The molecule has 0 N–H and O–H groups in total. The van der Waals surface area contributed by atoms with Gasteiger partial charge in [-0.3, -0.25) is 14.6 Å². The van der Waals surface area contributed by atoms with E-state index in [1.54, 1.807) is 19.0 Å². The molecule has 26 heavy (non-hydrogen) atoms. The average molecular weight is 380 g/mol. The molecule has 7 heteroatoms. The predicted molar refractivity (Wildman–Crippen MR) is 103 cm³/mol. The van der Waals surface area contributed by atoms with Crippen molar-refractivity contribution < 1.29 is 13.2 Å². The molecule has 0 aromatic heterocycles. The van der Waals surface area contributed by atoms with Gasteiger partial charge in [-0.1, -0.05) is 31.2 Å². The van der Waals surface area contributed by atoms with Gasteiger partial charge in [0, 0.05) is 45.8 Å². The van der Waals surface area contributed by atoms with E-state index in [0.717, 1.165) is 26.1 Å². The lowest BCUT2D eigenvalue weighted by Crippen LogP contribution is -2.60. The molecule has 2 heterocycles. The number of benzene rings is 1. The summed E-state index contributed by atoms with van der Waals surface area (Å²) in [4.78, 5) is 18.1. The minimum Gasteiger partial charge on any atom is -0.348 e. The highest BCUT2D eigenvalue weighted by Crippen LogP contribution is 2.28. The molecule has 144 valence electrons. The van der Waals surface area contributed by atoms with Gasteiger partial charge in [0.2, 0.25) is 5.91 Å². The zero-order valence-corrected chi connectivity index (χ0v) is 16.7. The standard InChI is InChI=1S/C19H29N3O3S/c1-4-15-7-5-6-8-16(15)11-21-9-10-22(12-19(23)20(2)3)18-14-26(24,25)13-17(18)21/h5-8,17-18H,4,9-14H2,1-3H3/t17-,18+/m1/s1. The smallest absolute Gasteiger partial charge is 0.236 e. The third-order valence-electron chi connectivity index (χ3n) is 5.62. The van der Waals surface area contributed by atoms with Crippen molar-refractivity contribution in [1.82, 2.24) is 14.7 Å². The molecule has 0 aliphatic carbocycles. The lowest BCUT2D eigenvalue weighted by molar-refractivity contribution is -0.131. The zero-order valence-electron chi connectivity index (χ0n) is 15.9. The van der Waals surface area contributed by atoms with E-state index in [2.05, 4.69) is 34.9 Å². The number of amides is 1. The maximum Gasteiger partial charge on any atom is 0.236 e. The van der Waals surface area contributed by atoms with Gasteiger partial charge in [-0.25, -0.2) is 8.42 Å². The second kappa shape index (κ2) is 7.66. The molecule has 2 atom stereocenters. The first kappa shape index (κ1) is 19.3. The summed E-state index contributed by atoms with van der Waals surface area (Å²) >= 11 is 0. The molecule has 3 rings (SSSR count). The molecular weight excluding hydrogens is 350 g/mol. The fourth-order valence-corrected chi connectivity index (χ4v) is 6.12. The number of sulfone groups is 1. The second-order valence-corrected chi connectivity index (χ2v) is 9.72. The molecule has 0 bridgehead atoms. The molecule has 0 radical (unpaired) electrons. The van der Waals surface area contributed by atoms with Gasteiger partial charge in [-0.15, -0.1) is 0 Å². The molecule has 2 saturated heterocycles. The van der Waals surface area contributed by atoms with Crippen LogP contribution in [0, 0.1) is 0 Å². The van der Waals surface area contributed by atoms with E-state index in [1.807, 2.05) is 6.07 Å². The topological polar surface area (TPSA) is 60.9 Å². The SMILES string of the molecule is CCc1ccccc1CN1CCN(CC(=O)N(C)C)[C@H]2CS(=O)(=O)C[C@H]21. The molecule has 1 aromatic rings. The van der Waals surface area contributed by atoms with Crippen LogP contribution in [0.3, 0.4) is 0 Å². The molecular formula is C19H29N3O3S. The number of aryl methyl sites for hydroxylation is 1. The monoisotopic (exact) mass is 379 g/mol. The van der Waals surface area contributed by atoms with Gasteiger partial charge >= 0.3 is 0 Å². The van der Waals surface area contributed by atoms with Crippen LogP contribution >= 0.6 is 0 Å². The number of hydrogen-bond donors (Lipinski definition) is 0. The van der Waals surface area contributed by atoms with Crippen LogP contribution in [0.15, 0.2) is 24.3 Å². The Morgan fingerprint density at radius 2 is 1.65 bits per heavy atom. The number of rotatable bonds is 5. The van der Waals surface area contributed by atoms with Crippen LogP contribution in [0.1, 0.15) is 18.1 Å². The van der Waals surface area contributed by atoms with E-state index >= 15 is 0 Å². The van der Waals surface area contributed by atoms with E-state index in [9.17, 15) is 13.2 Å². The zero-order chi connectivity index (χ0) is 18.9. The van der Waals surface area contributed by atoms with Crippen molar-refractivity contribution in [3.8, 4) is 0 Å². The summed E-state index contributed by atoms with van der Waals surface area (Å²) in [7, 11) is 0.412. The number of hydrogen-bond acceptors (Lipinski definition) is 5. The van der Waals surface area contributed by atoms with Gasteiger partial charge in [-0.2, -0.15) is 0 Å². The Morgan fingerprint density at radius 3 is 2.27 bits per heavy atom. The number of nitrogens with zero attached hydrogens (tertiary/aromatic N) is 3. The highest BCUT2D eigenvalue weighted by Gasteiger charge is 2.46. The van der Waals surface area contributed by atoms with E-state index in [0.29, 0.717) is 6.54 Å². The van der Waals surface area contributed by atoms with Crippen molar-refractivity contribution in [2.24, 2.45) is 0 Å². The molecule has 1 amide bonds. The van der Waals surface area contributed by atoms with E-state index in [4.69, 9.17) is 0 Å². The van der Waals surface area contributed by atoms with Crippen molar-refractivity contribution in [3.63, 3.8) is 0 Å². The van der Waals surface area contributed by atoms with E-state index < -0.39 is 9.84 Å². The molecule has 0 spiro atoms. The summed E-state index contributed by atoms with van der Waals surface area (Å²) in [5, 5.41) is 0. The third-order valence-corrected chi connectivity index (χ3v) is 7.31. The molecule has 2 aliphatic heterocycles. The van der Waals surface area contributed by atoms with E-state index in [-0.39, 0.29) is 29.5 Å². The Hall–Kier alpha value is -1.44. The number of likely N-dealkylation sites (N-methyl/N-ethyl adjacent to an activating group) is 1. The minimum atomic E-state index is -3.07. The maximum absolute atomic E-state index is 12.3. The van der Waals surface area contributed by atoms with Crippen LogP contribution in [0.4, 0.5) is 0 Å². The summed E-state index contributed by atoms with van der Waals surface area (Å²) in [5.41, 5.74) is 2.59. The molecule has 6 nitrogen and oxygen atoms in total. The quantitative estimate of drug-likeness (QED) is 0.751. The van der Waals surface area contributed by atoms with Crippen LogP contribution in [-0.4, -0.2) is 86.3 Å². The first-order chi connectivity index (χ1) is 12.3. The molecule has 0 saturated carbocycles. The maximum atomic E-state index is 12.3. The Bertz CT molecular complexity index is 763. The van der Waals surface area contributed by atoms with Crippen molar-refractivity contribution >= 4 is 15.7 Å². The lowest BCUT2D eigenvalue weighted by Gasteiger charge is -2.44. The van der Waals surface area contributed by atoms with Crippen LogP contribution in [0.2, 0.25) is 0 Å². The summed E-state index contributed by atoms with van der Waals surface area (Å²) in [6.07, 6.45) is 0.972. The van der Waals surface area contributed by atoms with Crippen LogP contribution in [0.5, 0.6) is 0 Å². The summed E-state index contributed by atoms with van der Waals surface area (Å²) in [6.45, 7) is 4.73. The Morgan fingerprint density at radius 1 is 1.08 bits per heavy atom. The van der Waals surface area contributed by atoms with Gasteiger partial charge in [-0.05, 0) is 17.5 Å². The summed E-state index contributed by atoms with van der Waals surface area (Å²) in [6, 6.07) is 8.25. The lowest BCUT2D eigenvalue weighted by atomic mass is 10.0. The van der Waals surface area contributed by atoms with Crippen LogP contribution in [-0.2, 0) is 27.6 Å². The minimum absolute atomic E-state index is 0.0258. The molecule has 1 aromatic carbocycles. The summed E-state index contributed by atoms with van der Waals surface area (Å²) < 4.78 is 24.7. The van der Waals surface area contributed by atoms with E-state index in [1.165, 1.54) is 11.1 Å². The normalized spacial score (nSPS) is 25.8. The molecule has 2 fully saturated rings. The molecule has 2 aliphatic rings. The third kappa shape index (κ3) is 4.10. The van der Waals surface area contributed by atoms with Crippen LogP contribution < -0.4 is 0 Å². The average Bonchev–Trinajstić information content (AvgIpc) is 2.93. The van der Waals surface area contributed by atoms with Crippen molar-refractivity contribution in [1.29, 1.82) is 0 Å². The van der Waals surface area contributed by atoms with Crippen molar-refractivity contribution in [2.45, 2.75) is 32.0 Å². The molecule has 0 unspecified atom stereocenters. The number of carbonyl (C=O) groups is 1. The Kier molecular flexibility index (Phi) is 5.69. The first-order valence-electron chi connectivity index (χ1n) is 9.26.